The number of aryl methyl sites for hydroxylation is 2. The van der Waals surface area contributed by atoms with E-state index in [0.717, 1.165) is 27.5 Å². The zero-order valence-electron chi connectivity index (χ0n) is 11.0. The Morgan fingerprint density at radius 1 is 1.00 bits per heavy atom. The molecule has 0 atom stereocenters. The summed E-state index contributed by atoms with van der Waals surface area (Å²) in [5.74, 6) is 0. The van der Waals surface area contributed by atoms with Crippen molar-refractivity contribution in [1.29, 1.82) is 0 Å². The van der Waals surface area contributed by atoms with E-state index in [9.17, 15) is 13.0 Å². The summed E-state index contributed by atoms with van der Waals surface area (Å²) in [6.07, 6.45) is 0. The number of hydrogen-bond donors (Lipinski definition) is 0. The van der Waals surface area contributed by atoms with Crippen LogP contribution in [0, 0.1) is 13.8 Å². The van der Waals surface area contributed by atoms with E-state index in [-0.39, 0.29) is 4.90 Å². The van der Waals surface area contributed by atoms with Crippen molar-refractivity contribution >= 4 is 31.8 Å². The Morgan fingerprint density at radius 3 is 2.45 bits per heavy atom. The normalized spacial score (nSPS) is 12.2. The predicted molar refractivity (Wildman–Crippen MR) is 76.7 cm³/mol. The average Bonchev–Trinajstić information content (AvgIpc) is 2.35. The third-order valence-electron chi connectivity index (χ3n) is 3.36. The zero-order valence-corrected chi connectivity index (χ0v) is 11.9. The molecule has 0 fully saturated rings. The fourth-order valence-corrected chi connectivity index (χ4v) is 2.95. The van der Waals surface area contributed by atoms with Crippen LogP contribution in [0.3, 0.4) is 0 Å². The van der Waals surface area contributed by atoms with Gasteiger partial charge in [-0.15, -0.1) is 0 Å². The van der Waals surface area contributed by atoms with Crippen LogP contribution < -0.4 is 0 Å². The molecule has 3 aromatic rings. The second-order valence-electron chi connectivity index (χ2n) is 4.91. The summed E-state index contributed by atoms with van der Waals surface area (Å²) < 4.78 is 33.2. The van der Waals surface area contributed by atoms with Crippen molar-refractivity contribution in [3.63, 3.8) is 0 Å². The number of pyridine rings is 1. The molecular weight excluding hydrogens is 274 g/mol. The van der Waals surface area contributed by atoms with Crippen LogP contribution in [0.25, 0.3) is 21.7 Å². The molecule has 0 amide bonds. The molecule has 5 heteroatoms. The highest BCUT2D eigenvalue weighted by atomic mass is 32.2. The number of benzene rings is 2. The molecule has 0 radical (unpaired) electrons. The highest BCUT2D eigenvalue weighted by molar-refractivity contribution is 7.85. The van der Waals surface area contributed by atoms with Gasteiger partial charge in [0.25, 0.3) is 0 Å². The molecule has 20 heavy (non-hydrogen) atoms. The van der Waals surface area contributed by atoms with Crippen molar-refractivity contribution in [3.05, 3.63) is 47.7 Å². The largest absolute Gasteiger partial charge is 0.744 e. The Bertz CT molecular complexity index is 946. The van der Waals surface area contributed by atoms with Gasteiger partial charge in [0.1, 0.15) is 10.1 Å². The lowest BCUT2D eigenvalue weighted by atomic mass is 10.0. The molecule has 2 aromatic carbocycles. The molecule has 3 rings (SSSR count). The molecular formula is C15H12NO3S-. The molecule has 4 nitrogen and oxygen atoms in total. The minimum Gasteiger partial charge on any atom is -0.744 e. The van der Waals surface area contributed by atoms with Gasteiger partial charge in [-0.25, -0.2) is 8.42 Å². The van der Waals surface area contributed by atoms with Gasteiger partial charge in [0.05, 0.1) is 10.4 Å². The van der Waals surface area contributed by atoms with Crippen LogP contribution in [0.2, 0.25) is 0 Å². The van der Waals surface area contributed by atoms with Crippen LogP contribution in [-0.4, -0.2) is 18.0 Å². The van der Waals surface area contributed by atoms with Gasteiger partial charge in [-0.1, -0.05) is 6.07 Å². The monoisotopic (exact) mass is 286 g/mol. The maximum Gasteiger partial charge on any atom is 0.124 e. The Morgan fingerprint density at radius 2 is 1.75 bits per heavy atom. The molecule has 0 N–H and O–H groups in total. The molecule has 0 bridgehead atoms. The summed E-state index contributed by atoms with van der Waals surface area (Å²) in [6.45, 7) is 3.93. The minimum absolute atomic E-state index is 0.214. The first-order valence-corrected chi connectivity index (χ1v) is 7.53. The Hall–Kier alpha value is -1.98. The molecule has 102 valence electrons. The van der Waals surface area contributed by atoms with E-state index in [1.54, 1.807) is 6.07 Å². The third-order valence-corrected chi connectivity index (χ3v) is 4.19. The van der Waals surface area contributed by atoms with Crippen LogP contribution in [0.15, 0.2) is 41.3 Å². The van der Waals surface area contributed by atoms with Crippen molar-refractivity contribution in [2.45, 2.75) is 18.7 Å². The number of rotatable bonds is 1. The van der Waals surface area contributed by atoms with Gasteiger partial charge in [0.2, 0.25) is 0 Å². The van der Waals surface area contributed by atoms with Crippen molar-refractivity contribution in [2.24, 2.45) is 0 Å². The first kappa shape index (κ1) is 13.0. The predicted octanol–water partition coefficient (Wildman–Crippen LogP) is 2.91. The van der Waals surface area contributed by atoms with Crippen LogP contribution in [0.4, 0.5) is 0 Å². The summed E-state index contributed by atoms with van der Waals surface area (Å²) in [6, 6.07) is 10.2. The van der Waals surface area contributed by atoms with Crippen LogP contribution >= 0.6 is 0 Å². The van der Waals surface area contributed by atoms with E-state index in [1.165, 1.54) is 12.1 Å². The molecule has 0 saturated carbocycles. The van der Waals surface area contributed by atoms with Gasteiger partial charge in [0, 0.05) is 11.1 Å². The standard InChI is InChI=1S/C15H13NO3S/c1-9-5-10(2)16-15-8-12-6-13(20(17,18)19)4-3-11(12)7-14(9)15/h3-8H,1-2H3,(H,17,18,19)/p-1. The highest BCUT2D eigenvalue weighted by Gasteiger charge is 2.06. The van der Waals surface area contributed by atoms with E-state index in [2.05, 4.69) is 4.98 Å². The Balaban J connectivity index is 2.39. The number of nitrogens with zero attached hydrogens (tertiary/aromatic N) is 1. The summed E-state index contributed by atoms with van der Waals surface area (Å²) in [5.41, 5.74) is 2.83. The van der Waals surface area contributed by atoms with Crippen molar-refractivity contribution < 1.29 is 13.0 Å². The van der Waals surface area contributed by atoms with Crippen molar-refractivity contribution in [1.82, 2.24) is 4.98 Å². The molecule has 0 aliphatic carbocycles. The third kappa shape index (κ3) is 2.15. The van der Waals surface area contributed by atoms with Crippen LogP contribution in [0.5, 0.6) is 0 Å². The lowest BCUT2D eigenvalue weighted by molar-refractivity contribution is 0.463. The van der Waals surface area contributed by atoms with Crippen molar-refractivity contribution in [3.8, 4) is 0 Å². The second-order valence-corrected chi connectivity index (χ2v) is 6.29. The summed E-state index contributed by atoms with van der Waals surface area (Å²) in [4.78, 5) is 4.24. The van der Waals surface area contributed by atoms with Gasteiger partial charge in [-0.05, 0) is 60.5 Å². The maximum atomic E-state index is 11.1. The molecule has 0 saturated heterocycles. The van der Waals surface area contributed by atoms with E-state index < -0.39 is 10.1 Å². The average molecular weight is 286 g/mol. The summed E-state index contributed by atoms with van der Waals surface area (Å²) in [7, 11) is -4.43. The maximum absolute atomic E-state index is 11.1. The topological polar surface area (TPSA) is 70.1 Å². The van der Waals surface area contributed by atoms with Crippen LogP contribution in [-0.2, 0) is 10.1 Å². The van der Waals surface area contributed by atoms with E-state index in [4.69, 9.17) is 0 Å². The molecule has 0 aliphatic rings. The molecule has 0 unspecified atom stereocenters. The van der Waals surface area contributed by atoms with Gasteiger partial charge in [-0.3, -0.25) is 4.98 Å². The second kappa shape index (κ2) is 4.26. The lowest BCUT2D eigenvalue weighted by Gasteiger charge is -2.10. The molecule has 0 aliphatic heterocycles. The summed E-state index contributed by atoms with van der Waals surface area (Å²) >= 11 is 0. The highest BCUT2D eigenvalue weighted by Crippen LogP contribution is 2.26. The molecule has 1 aromatic heterocycles. The van der Waals surface area contributed by atoms with Gasteiger partial charge >= 0.3 is 0 Å². The van der Waals surface area contributed by atoms with Crippen LogP contribution in [0.1, 0.15) is 11.3 Å². The quantitative estimate of drug-likeness (QED) is 0.509. The zero-order chi connectivity index (χ0) is 14.5. The number of hydrogen-bond acceptors (Lipinski definition) is 4. The SMILES string of the molecule is Cc1cc(C)c2cc3ccc(S(=O)(=O)[O-])cc3cc2n1. The first-order chi connectivity index (χ1) is 9.34. The first-order valence-electron chi connectivity index (χ1n) is 6.12. The summed E-state index contributed by atoms with van der Waals surface area (Å²) in [5, 5.41) is 2.62. The van der Waals surface area contributed by atoms with Gasteiger partial charge < -0.3 is 4.55 Å². The van der Waals surface area contributed by atoms with Gasteiger partial charge in [0.15, 0.2) is 0 Å². The Labute approximate surface area is 116 Å². The fourth-order valence-electron chi connectivity index (χ4n) is 2.44. The lowest BCUT2D eigenvalue weighted by Crippen LogP contribution is -1.98. The van der Waals surface area contributed by atoms with E-state index in [0.29, 0.717) is 5.39 Å². The van der Waals surface area contributed by atoms with E-state index in [1.807, 2.05) is 32.0 Å². The molecule has 0 spiro atoms. The number of aromatic nitrogens is 1. The Kier molecular flexibility index (Phi) is 2.77. The fraction of sp³-hybridized carbons (Fsp3) is 0.133. The minimum atomic E-state index is -4.43. The van der Waals surface area contributed by atoms with E-state index >= 15 is 0 Å². The van der Waals surface area contributed by atoms with Gasteiger partial charge in [-0.2, -0.15) is 0 Å². The molecule has 1 heterocycles. The number of fused-ring (bicyclic) bond motifs is 2. The smallest absolute Gasteiger partial charge is 0.124 e. The van der Waals surface area contributed by atoms with Crippen molar-refractivity contribution in [2.75, 3.05) is 0 Å².